The van der Waals surface area contributed by atoms with Crippen LogP contribution in [0.15, 0.2) is 0 Å². The highest BCUT2D eigenvalue weighted by Crippen LogP contribution is 2.40. The Balaban J connectivity index is 2.77. The first-order chi connectivity index (χ1) is 14.3. The van der Waals surface area contributed by atoms with Crippen LogP contribution in [0, 0.1) is 12.3 Å². The van der Waals surface area contributed by atoms with Gasteiger partial charge in [-0.2, -0.15) is 0 Å². The lowest BCUT2D eigenvalue weighted by Crippen LogP contribution is -2.63. The second kappa shape index (κ2) is 13.8. The van der Waals surface area contributed by atoms with Crippen molar-refractivity contribution in [3.63, 3.8) is 0 Å². The molecule has 5 atom stereocenters. The Bertz CT molecular complexity index is 586. The average Bonchev–Trinajstić information content (AvgIpc) is 2.72. The Morgan fingerprint density at radius 3 is 2.60 bits per heavy atom. The van der Waals surface area contributed by atoms with Gasteiger partial charge in [-0.1, -0.05) is 5.92 Å². The number of hydrogen-bond acceptors (Lipinski definition) is 10. The van der Waals surface area contributed by atoms with E-state index >= 15 is 0 Å². The number of carboxylic acids is 1. The summed E-state index contributed by atoms with van der Waals surface area (Å²) in [4.78, 5) is 21.7. The highest BCUT2D eigenvalue weighted by Gasteiger charge is 2.52. The second-order valence-corrected chi connectivity index (χ2v) is 7.88. The summed E-state index contributed by atoms with van der Waals surface area (Å²) in [5.74, 6) is 0.410. The van der Waals surface area contributed by atoms with E-state index in [1.165, 1.54) is 0 Å². The summed E-state index contributed by atoms with van der Waals surface area (Å²) in [6, 6.07) is -1.07. The van der Waals surface area contributed by atoms with Crippen LogP contribution >= 0.6 is 11.8 Å². The van der Waals surface area contributed by atoms with Crippen molar-refractivity contribution < 1.29 is 49.3 Å². The molecule has 12 heteroatoms. The third kappa shape index (κ3) is 8.37. The number of hydrogen-bond donors (Lipinski definition) is 6. The lowest BCUT2D eigenvalue weighted by atomic mass is 9.91. The lowest BCUT2D eigenvalue weighted by molar-refractivity contribution is -0.184. The minimum absolute atomic E-state index is 0.168. The molecule has 1 aliphatic heterocycles. The third-order valence-corrected chi connectivity index (χ3v) is 5.54. The number of rotatable bonds is 14. The van der Waals surface area contributed by atoms with E-state index in [2.05, 4.69) is 11.2 Å². The van der Waals surface area contributed by atoms with Crippen LogP contribution in [0.5, 0.6) is 0 Å². The Kier molecular flexibility index (Phi) is 12.2. The SMILES string of the molecule is C#CCOCCOCCS[C@]1(C(=O)O)C[C@H](O)[C@@H](NC(=O)CO)[C@H](C[C@H](O)CO)O1. The molecule has 1 fully saturated rings. The first kappa shape index (κ1) is 26.6. The fourth-order valence-electron chi connectivity index (χ4n) is 2.88. The lowest BCUT2D eigenvalue weighted by Gasteiger charge is -2.45. The Morgan fingerprint density at radius 2 is 2.00 bits per heavy atom. The molecule has 6 N–H and O–H groups in total. The number of thioether (sulfide) groups is 1. The summed E-state index contributed by atoms with van der Waals surface area (Å²) in [5, 5.41) is 50.5. The molecular formula is C18H29NO10S. The van der Waals surface area contributed by atoms with Crippen LogP contribution in [0.3, 0.4) is 0 Å². The monoisotopic (exact) mass is 451 g/mol. The molecular weight excluding hydrogens is 422 g/mol. The van der Waals surface area contributed by atoms with Crippen LogP contribution < -0.4 is 5.32 Å². The number of carbonyl (C=O) groups is 2. The average molecular weight is 451 g/mol. The topological polar surface area (TPSA) is 175 Å². The Labute approximate surface area is 178 Å². The molecule has 11 nitrogen and oxygen atoms in total. The number of carbonyl (C=O) groups excluding carboxylic acids is 1. The number of carboxylic acid groups (broad SMARTS) is 1. The summed E-state index contributed by atoms with van der Waals surface area (Å²) in [7, 11) is 0. The molecule has 30 heavy (non-hydrogen) atoms. The van der Waals surface area contributed by atoms with Crippen molar-refractivity contribution in [1.82, 2.24) is 5.32 Å². The van der Waals surface area contributed by atoms with Gasteiger partial charge in [0.15, 0.2) is 0 Å². The number of aliphatic hydroxyl groups excluding tert-OH is 4. The number of aliphatic hydroxyl groups is 4. The van der Waals surface area contributed by atoms with E-state index in [0.29, 0.717) is 6.61 Å². The summed E-state index contributed by atoms with van der Waals surface area (Å²) < 4.78 is 16.1. The van der Waals surface area contributed by atoms with Crippen molar-refractivity contribution in [3.8, 4) is 12.3 Å². The highest BCUT2D eigenvalue weighted by molar-refractivity contribution is 8.01. The zero-order chi connectivity index (χ0) is 22.6. The van der Waals surface area contributed by atoms with Gasteiger partial charge in [0.1, 0.15) is 13.2 Å². The van der Waals surface area contributed by atoms with Gasteiger partial charge in [0.05, 0.1) is 50.8 Å². The zero-order valence-corrected chi connectivity index (χ0v) is 17.3. The predicted molar refractivity (Wildman–Crippen MR) is 106 cm³/mol. The second-order valence-electron chi connectivity index (χ2n) is 6.53. The quantitative estimate of drug-likeness (QED) is 0.122. The van der Waals surface area contributed by atoms with Crippen molar-refractivity contribution in [2.24, 2.45) is 0 Å². The van der Waals surface area contributed by atoms with Crippen LogP contribution in [-0.2, 0) is 23.8 Å². The van der Waals surface area contributed by atoms with Crippen LogP contribution in [0.1, 0.15) is 12.8 Å². The van der Waals surface area contributed by atoms with Gasteiger partial charge in [-0.15, -0.1) is 18.2 Å². The first-order valence-corrected chi connectivity index (χ1v) is 10.3. The molecule has 0 aromatic carbocycles. The van der Waals surface area contributed by atoms with E-state index < -0.39 is 54.4 Å². The van der Waals surface area contributed by atoms with Crippen molar-refractivity contribution >= 4 is 23.6 Å². The number of terminal acetylenes is 1. The van der Waals surface area contributed by atoms with Gasteiger partial charge in [0, 0.05) is 18.6 Å². The minimum Gasteiger partial charge on any atom is -0.478 e. The molecule has 1 heterocycles. The van der Waals surface area contributed by atoms with Gasteiger partial charge < -0.3 is 45.1 Å². The molecule has 0 spiro atoms. The maximum Gasteiger partial charge on any atom is 0.346 e. The normalized spacial score (nSPS) is 27.2. The molecule has 0 radical (unpaired) electrons. The molecule has 172 valence electrons. The fraction of sp³-hybridized carbons (Fsp3) is 0.778. The summed E-state index contributed by atoms with van der Waals surface area (Å²) in [5.41, 5.74) is 0. The van der Waals surface area contributed by atoms with Gasteiger partial charge in [0.2, 0.25) is 10.8 Å². The van der Waals surface area contributed by atoms with Gasteiger partial charge in [0.25, 0.3) is 0 Å². The van der Waals surface area contributed by atoms with Crippen molar-refractivity contribution in [2.45, 2.75) is 42.1 Å². The molecule has 0 aromatic rings. The number of amides is 1. The van der Waals surface area contributed by atoms with Gasteiger partial charge >= 0.3 is 5.97 Å². The van der Waals surface area contributed by atoms with Crippen LogP contribution in [-0.4, -0.2) is 112 Å². The van der Waals surface area contributed by atoms with E-state index in [4.69, 9.17) is 30.8 Å². The van der Waals surface area contributed by atoms with Crippen molar-refractivity contribution in [3.05, 3.63) is 0 Å². The Hall–Kier alpha value is -1.43. The zero-order valence-electron chi connectivity index (χ0n) is 16.4. The summed E-state index contributed by atoms with van der Waals surface area (Å²) in [6.07, 6.45) is 0.770. The number of nitrogens with one attached hydrogen (secondary N) is 1. The molecule has 1 amide bonds. The van der Waals surface area contributed by atoms with Crippen LogP contribution in [0.25, 0.3) is 0 Å². The fourth-order valence-corrected chi connectivity index (χ4v) is 4.02. The van der Waals surface area contributed by atoms with Crippen molar-refractivity contribution in [1.29, 1.82) is 0 Å². The smallest absolute Gasteiger partial charge is 0.346 e. The largest absolute Gasteiger partial charge is 0.478 e. The molecule has 0 aromatic heterocycles. The van der Waals surface area contributed by atoms with E-state index in [0.717, 1.165) is 11.8 Å². The van der Waals surface area contributed by atoms with Gasteiger partial charge in [-0.25, -0.2) is 4.79 Å². The maximum absolute atomic E-state index is 12.0. The maximum atomic E-state index is 12.0. The van der Waals surface area contributed by atoms with E-state index in [-0.39, 0.29) is 38.4 Å². The molecule has 0 unspecified atom stereocenters. The molecule has 1 saturated heterocycles. The summed E-state index contributed by atoms with van der Waals surface area (Å²) >= 11 is 0.904. The van der Waals surface area contributed by atoms with E-state index in [1.54, 1.807) is 0 Å². The number of ether oxygens (including phenoxy) is 3. The van der Waals surface area contributed by atoms with E-state index in [9.17, 15) is 24.9 Å². The first-order valence-electron chi connectivity index (χ1n) is 9.31. The number of aliphatic carboxylic acids is 1. The predicted octanol–water partition coefficient (Wildman–Crippen LogP) is -2.46. The molecule has 0 aliphatic carbocycles. The van der Waals surface area contributed by atoms with Crippen LogP contribution in [0.4, 0.5) is 0 Å². The third-order valence-electron chi connectivity index (χ3n) is 4.27. The standard InChI is InChI=1S/C18H29NO10S/c1-2-3-27-4-5-28-6-7-30-18(17(25)26)9-13(23)16(19-15(24)11-21)14(29-18)8-12(22)10-20/h1,12-14,16,20-23H,3-11H2,(H,19,24)(H,25,26)/t12-,13-,14-,16+,18-/m0/s1. The van der Waals surface area contributed by atoms with E-state index in [1.807, 2.05) is 0 Å². The van der Waals surface area contributed by atoms with Gasteiger partial charge in [-0.3, -0.25) is 4.79 Å². The van der Waals surface area contributed by atoms with Gasteiger partial charge in [-0.05, 0) is 0 Å². The molecule has 0 bridgehead atoms. The highest BCUT2D eigenvalue weighted by atomic mass is 32.2. The van der Waals surface area contributed by atoms with Crippen molar-refractivity contribution in [2.75, 3.05) is 45.4 Å². The summed E-state index contributed by atoms with van der Waals surface area (Å²) in [6.45, 7) is -0.527. The van der Waals surface area contributed by atoms with Crippen LogP contribution in [0.2, 0.25) is 0 Å². The molecule has 1 rings (SSSR count). The molecule has 0 saturated carbocycles. The minimum atomic E-state index is -1.84. The Morgan fingerprint density at radius 1 is 1.30 bits per heavy atom. The molecule has 1 aliphatic rings.